The van der Waals surface area contributed by atoms with Crippen molar-refractivity contribution in [1.82, 2.24) is 5.32 Å². The quantitative estimate of drug-likeness (QED) is 0.506. The van der Waals surface area contributed by atoms with E-state index in [1.807, 2.05) is 24.5 Å². The Hall–Kier alpha value is -2.30. The van der Waals surface area contributed by atoms with E-state index in [-0.39, 0.29) is 18.1 Å². The average Bonchev–Trinajstić information content (AvgIpc) is 3.03. The smallest absolute Gasteiger partial charge is 0.203 e. The maximum atomic E-state index is 13.0. The highest BCUT2D eigenvalue weighted by Crippen LogP contribution is 2.50. The molecule has 0 bridgehead atoms. The van der Waals surface area contributed by atoms with Crippen molar-refractivity contribution in [3.05, 3.63) is 45.6 Å². The number of methoxy groups -OCH3 is 3. The van der Waals surface area contributed by atoms with Gasteiger partial charge in [-0.05, 0) is 54.0 Å². The monoisotopic (exact) mass is 489 g/mol. The molecule has 4 rings (SSSR count). The van der Waals surface area contributed by atoms with Gasteiger partial charge in [0.2, 0.25) is 5.75 Å². The lowest BCUT2D eigenvalue weighted by Crippen LogP contribution is -2.33. The lowest BCUT2D eigenvalue weighted by Gasteiger charge is -2.23. The van der Waals surface area contributed by atoms with Gasteiger partial charge < -0.3 is 29.2 Å². The summed E-state index contributed by atoms with van der Waals surface area (Å²) in [7, 11) is 4.76. The van der Waals surface area contributed by atoms with E-state index in [1.165, 1.54) is 11.8 Å². The third-order valence-electron chi connectivity index (χ3n) is 6.51. The van der Waals surface area contributed by atoms with Crippen LogP contribution in [0.5, 0.6) is 17.2 Å². The Kier molecular flexibility index (Phi) is 7.69. The normalized spacial score (nSPS) is 23.6. The van der Waals surface area contributed by atoms with Crippen LogP contribution >= 0.6 is 11.8 Å². The molecule has 2 aliphatic rings. The van der Waals surface area contributed by atoms with Crippen LogP contribution in [0, 0.1) is 0 Å². The third-order valence-corrected chi connectivity index (χ3v) is 7.29. The van der Waals surface area contributed by atoms with E-state index in [9.17, 15) is 15.0 Å². The Morgan fingerprint density at radius 2 is 1.91 bits per heavy atom. The fourth-order valence-corrected chi connectivity index (χ4v) is 5.33. The fraction of sp³-hybridized carbons (Fsp3) is 0.480. The molecule has 1 aliphatic carbocycles. The van der Waals surface area contributed by atoms with Crippen molar-refractivity contribution < 1.29 is 29.2 Å². The lowest BCUT2D eigenvalue weighted by molar-refractivity contribution is -0.0343. The summed E-state index contributed by atoms with van der Waals surface area (Å²) in [6.07, 6.45) is 1.78. The van der Waals surface area contributed by atoms with Gasteiger partial charge in [0.15, 0.2) is 16.9 Å². The molecule has 0 aromatic heterocycles. The third kappa shape index (κ3) is 4.50. The predicted octanol–water partition coefficient (Wildman–Crippen LogP) is 2.51. The SMILES string of the molecule is COc1cc2c(c(OC)c1OC)-c1ccc(SC)c(=O)cc1[C@@H](NC1C[C@H](O)[C@@H](CO)O1)CC2. The van der Waals surface area contributed by atoms with Gasteiger partial charge in [0, 0.05) is 18.0 Å². The second kappa shape index (κ2) is 10.5. The Bertz CT molecular complexity index is 1110. The Labute approximate surface area is 203 Å². The summed E-state index contributed by atoms with van der Waals surface area (Å²) >= 11 is 1.40. The van der Waals surface area contributed by atoms with Gasteiger partial charge in [-0.3, -0.25) is 10.1 Å². The molecule has 184 valence electrons. The van der Waals surface area contributed by atoms with Crippen molar-refractivity contribution in [1.29, 1.82) is 0 Å². The molecule has 0 saturated carbocycles. The number of nitrogens with one attached hydrogen (secondary N) is 1. The number of hydrogen-bond donors (Lipinski definition) is 3. The summed E-state index contributed by atoms with van der Waals surface area (Å²) in [5.41, 5.74) is 3.49. The fourth-order valence-electron chi connectivity index (χ4n) is 4.86. The van der Waals surface area contributed by atoms with E-state index >= 15 is 0 Å². The summed E-state index contributed by atoms with van der Waals surface area (Å²) in [6, 6.07) is 7.20. The number of hydrogen-bond acceptors (Lipinski definition) is 9. The number of aliphatic hydroxyl groups excluding tert-OH is 2. The minimum atomic E-state index is -0.747. The number of ether oxygens (including phenoxy) is 4. The zero-order chi connectivity index (χ0) is 24.4. The molecule has 34 heavy (non-hydrogen) atoms. The highest BCUT2D eigenvalue weighted by atomic mass is 32.2. The predicted molar refractivity (Wildman–Crippen MR) is 130 cm³/mol. The maximum Gasteiger partial charge on any atom is 0.203 e. The molecule has 9 heteroatoms. The van der Waals surface area contributed by atoms with Gasteiger partial charge in [0.1, 0.15) is 12.3 Å². The molecule has 0 spiro atoms. The van der Waals surface area contributed by atoms with Crippen LogP contribution < -0.4 is 25.0 Å². The van der Waals surface area contributed by atoms with Crippen LogP contribution in [0.15, 0.2) is 34.0 Å². The molecule has 3 N–H and O–H groups in total. The van der Waals surface area contributed by atoms with Crippen molar-refractivity contribution in [2.24, 2.45) is 0 Å². The highest BCUT2D eigenvalue weighted by Gasteiger charge is 2.36. The molecule has 8 nitrogen and oxygen atoms in total. The molecule has 2 aromatic rings. The van der Waals surface area contributed by atoms with Crippen molar-refractivity contribution in [2.75, 3.05) is 34.2 Å². The maximum absolute atomic E-state index is 13.0. The van der Waals surface area contributed by atoms with Gasteiger partial charge in [0.05, 0.1) is 38.9 Å². The number of aryl methyl sites for hydroxylation is 1. The van der Waals surface area contributed by atoms with Crippen LogP contribution in [0.1, 0.15) is 30.0 Å². The Balaban J connectivity index is 1.89. The largest absolute Gasteiger partial charge is 0.493 e. The highest BCUT2D eigenvalue weighted by molar-refractivity contribution is 7.98. The molecule has 2 aromatic carbocycles. The van der Waals surface area contributed by atoms with Gasteiger partial charge in [-0.1, -0.05) is 6.07 Å². The number of fused-ring (bicyclic) bond motifs is 3. The molecular formula is C25H31NO7S. The number of aliphatic hydroxyl groups is 2. The van der Waals surface area contributed by atoms with Gasteiger partial charge >= 0.3 is 0 Å². The van der Waals surface area contributed by atoms with Crippen molar-refractivity contribution in [3.8, 4) is 28.4 Å². The van der Waals surface area contributed by atoms with E-state index in [2.05, 4.69) is 5.32 Å². The molecule has 1 heterocycles. The van der Waals surface area contributed by atoms with Gasteiger partial charge in [-0.2, -0.15) is 0 Å². The van der Waals surface area contributed by atoms with Crippen molar-refractivity contribution in [3.63, 3.8) is 0 Å². The first-order valence-electron chi connectivity index (χ1n) is 11.2. The first kappa shape index (κ1) is 24.8. The van der Waals surface area contributed by atoms with Crippen LogP contribution in [0.2, 0.25) is 0 Å². The summed E-state index contributed by atoms with van der Waals surface area (Å²) in [6.45, 7) is -0.250. The van der Waals surface area contributed by atoms with E-state index < -0.39 is 18.4 Å². The summed E-state index contributed by atoms with van der Waals surface area (Å²) in [5.74, 6) is 1.62. The summed E-state index contributed by atoms with van der Waals surface area (Å²) < 4.78 is 22.9. The first-order chi connectivity index (χ1) is 16.4. The van der Waals surface area contributed by atoms with Crippen LogP contribution in [-0.2, 0) is 11.2 Å². The molecule has 1 saturated heterocycles. The van der Waals surface area contributed by atoms with Crippen LogP contribution in [0.3, 0.4) is 0 Å². The second-order valence-electron chi connectivity index (χ2n) is 8.37. The van der Waals surface area contributed by atoms with Crippen LogP contribution in [0.4, 0.5) is 0 Å². The number of benzene rings is 1. The van der Waals surface area contributed by atoms with Gasteiger partial charge in [-0.25, -0.2) is 0 Å². The summed E-state index contributed by atoms with van der Waals surface area (Å²) in [5, 5.41) is 23.1. The van der Waals surface area contributed by atoms with E-state index in [0.29, 0.717) is 41.4 Å². The molecular weight excluding hydrogens is 458 g/mol. The molecule has 1 fully saturated rings. The molecule has 1 unspecified atom stereocenters. The minimum Gasteiger partial charge on any atom is -0.493 e. The molecule has 0 radical (unpaired) electrons. The molecule has 4 atom stereocenters. The minimum absolute atomic E-state index is 0.0657. The van der Waals surface area contributed by atoms with Crippen molar-refractivity contribution in [2.45, 2.75) is 48.6 Å². The van der Waals surface area contributed by atoms with Crippen LogP contribution in [0.25, 0.3) is 11.1 Å². The van der Waals surface area contributed by atoms with Crippen molar-refractivity contribution >= 4 is 11.8 Å². The molecule has 1 aliphatic heterocycles. The summed E-state index contributed by atoms with van der Waals surface area (Å²) in [4.78, 5) is 13.7. The second-order valence-corrected chi connectivity index (χ2v) is 9.21. The van der Waals surface area contributed by atoms with E-state index in [4.69, 9.17) is 18.9 Å². The zero-order valence-electron chi connectivity index (χ0n) is 19.8. The number of thioether (sulfide) groups is 1. The van der Waals surface area contributed by atoms with E-state index in [1.54, 1.807) is 27.4 Å². The Morgan fingerprint density at radius 1 is 1.15 bits per heavy atom. The average molecular weight is 490 g/mol. The first-order valence-corrected chi connectivity index (χ1v) is 12.4. The lowest BCUT2D eigenvalue weighted by atomic mass is 9.95. The zero-order valence-corrected chi connectivity index (χ0v) is 20.6. The molecule has 0 amide bonds. The number of rotatable bonds is 7. The van der Waals surface area contributed by atoms with E-state index in [0.717, 1.165) is 22.3 Å². The van der Waals surface area contributed by atoms with Crippen LogP contribution in [-0.4, -0.2) is 62.8 Å². The van der Waals surface area contributed by atoms with Gasteiger partial charge in [-0.15, -0.1) is 11.8 Å². The standard InChI is InChI=1S/C25H31NO7S/c1-30-19-9-13-5-7-16(26-22-11-17(28)20(12-27)33-22)15-10-18(29)21(34-4)8-6-14(15)23(13)25(32-3)24(19)31-2/h6,8-10,16-17,20,22,26-28H,5,7,11-12H2,1-4H3/t16-,17-,20+,22?/m0/s1. The Morgan fingerprint density at radius 3 is 2.53 bits per heavy atom. The van der Waals surface area contributed by atoms with Gasteiger partial charge in [0.25, 0.3) is 0 Å². The topological polar surface area (TPSA) is 106 Å².